The first-order valence-electron chi connectivity index (χ1n) is 16.8. The van der Waals surface area contributed by atoms with Crippen LogP contribution in [0.2, 0.25) is 0 Å². The van der Waals surface area contributed by atoms with Crippen LogP contribution in [0.4, 0.5) is 13.6 Å². The maximum Gasteiger partial charge on any atom is 0.408 e. The number of halogens is 2. The predicted molar refractivity (Wildman–Crippen MR) is 172 cm³/mol. The molecule has 5 rings (SSSR count). The number of nitrogens with zero attached hydrogens (tertiary/aromatic N) is 3. The van der Waals surface area contributed by atoms with Crippen molar-refractivity contribution >= 4 is 28.8 Å². The zero-order chi connectivity index (χ0) is 34.3. The quantitative estimate of drug-likeness (QED) is 0.410. The molecule has 2 fully saturated rings. The fourth-order valence-corrected chi connectivity index (χ4v) is 7.18. The summed E-state index contributed by atoms with van der Waals surface area (Å²) in [5, 5.41) is 2.71. The smallest absolute Gasteiger partial charge is 0.408 e. The summed E-state index contributed by atoms with van der Waals surface area (Å²) >= 11 is 0. The van der Waals surface area contributed by atoms with Gasteiger partial charge in [0, 0.05) is 12.0 Å². The number of nitrogens with one attached hydrogen (secondary N) is 1. The summed E-state index contributed by atoms with van der Waals surface area (Å²) in [6.45, 7) is 9.58. The highest BCUT2D eigenvalue weighted by molar-refractivity contribution is 5.95. The number of carbonyl (C=O) groups excluding carboxylic acids is 3. The van der Waals surface area contributed by atoms with Gasteiger partial charge in [0.05, 0.1) is 24.7 Å². The van der Waals surface area contributed by atoms with Crippen molar-refractivity contribution in [2.45, 2.75) is 123 Å². The average Bonchev–Trinajstić information content (AvgIpc) is 3.48. The van der Waals surface area contributed by atoms with Crippen molar-refractivity contribution in [3.05, 3.63) is 23.9 Å². The van der Waals surface area contributed by atoms with E-state index in [2.05, 4.69) is 10.3 Å². The summed E-state index contributed by atoms with van der Waals surface area (Å²) in [7, 11) is 1.52. The third-order valence-corrected chi connectivity index (χ3v) is 10.0. The highest BCUT2D eigenvalue weighted by atomic mass is 19.3. The Balaban J connectivity index is 1.60. The molecule has 2 aliphatic heterocycles. The average molecular weight is 659 g/mol. The SMILES string of the molecule is COc1ccc2nc3c(nc2c1)OC1CN(C(=O)C(C(C)(C)C)NC(=O)OC2(C)CCCC2CCCCC3)C(C(=O)C(C)C)C1(F)F. The summed E-state index contributed by atoms with van der Waals surface area (Å²) in [6, 6.07) is 1.82. The van der Waals surface area contributed by atoms with Gasteiger partial charge in [0.2, 0.25) is 11.8 Å². The van der Waals surface area contributed by atoms with Gasteiger partial charge in [0.1, 0.15) is 23.1 Å². The fraction of sp³-hybridized carbons (Fsp3) is 0.686. The molecule has 1 saturated heterocycles. The number of benzene rings is 1. The monoisotopic (exact) mass is 658 g/mol. The number of Topliss-reactive ketones (excluding diaryl/α,β-unsaturated/α-hetero) is 1. The maximum absolute atomic E-state index is 16.5. The minimum Gasteiger partial charge on any atom is -0.497 e. The van der Waals surface area contributed by atoms with Crippen LogP contribution in [-0.4, -0.2) is 76.0 Å². The van der Waals surface area contributed by atoms with Crippen LogP contribution in [0.15, 0.2) is 18.2 Å². The number of aromatic nitrogens is 2. The summed E-state index contributed by atoms with van der Waals surface area (Å²) in [6.07, 6.45) is 3.62. The van der Waals surface area contributed by atoms with E-state index in [-0.39, 0.29) is 11.8 Å². The predicted octanol–water partition coefficient (Wildman–Crippen LogP) is 6.27. The van der Waals surface area contributed by atoms with Gasteiger partial charge >= 0.3 is 12.0 Å². The molecule has 1 saturated carbocycles. The first kappa shape index (κ1) is 34.8. The van der Waals surface area contributed by atoms with Crippen molar-refractivity contribution in [1.82, 2.24) is 20.2 Å². The number of ketones is 1. The van der Waals surface area contributed by atoms with E-state index in [4.69, 9.17) is 19.2 Å². The van der Waals surface area contributed by atoms with Crippen molar-refractivity contribution < 1.29 is 37.4 Å². The number of carbonyl (C=O) groups is 3. The molecule has 47 heavy (non-hydrogen) atoms. The number of methoxy groups -OCH3 is 1. The lowest BCUT2D eigenvalue weighted by atomic mass is 9.85. The topological polar surface area (TPSA) is 120 Å². The van der Waals surface area contributed by atoms with Crippen LogP contribution in [-0.2, 0) is 20.7 Å². The summed E-state index contributed by atoms with van der Waals surface area (Å²) < 4.78 is 50.4. The highest BCUT2D eigenvalue weighted by Crippen LogP contribution is 2.43. The molecule has 10 nitrogen and oxygen atoms in total. The third-order valence-electron chi connectivity index (χ3n) is 10.0. The third kappa shape index (κ3) is 7.02. The number of hydrogen-bond acceptors (Lipinski definition) is 8. The van der Waals surface area contributed by atoms with Crippen LogP contribution in [0.3, 0.4) is 0 Å². The summed E-state index contributed by atoms with van der Waals surface area (Å²) in [5.74, 6) is -5.55. The molecule has 2 aromatic rings. The van der Waals surface area contributed by atoms with Gasteiger partial charge in [-0.05, 0) is 68.9 Å². The van der Waals surface area contributed by atoms with E-state index in [1.165, 1.54) is 21.0 Å². The van der Waals surface area contributed by atoms with E-state index in [1.54, 1.807) is 39.0 Å². The number of aryl methyl sites for hydroxylation is 1. The lowest BCUT2D eigenvalue weighted by Crippen LogP contribution is -2.59. The van der Waals surface area contributed by atoms with Crippen LogP contribution < -0.4 is 14.8 Å². The molecule has 1 N–H and O–H groups in total. The fourth-order valence-electron chi connectivity index (χ4n) is 7.18. The molecule has 1 aromatic carbocycles. The molecule has 258 valence electrons. The van der Waals surface area contributed by atoms with Crippen molar-refractivity contribution in [1.29, 1.82) is 0 Å². The summed E-state index contributed by atoms with van der Waals surface area (Å²) in [5.41, 5.74) is -0.201. The molecule has 5 atom stereocenters. The number of alkyl halides is 2. The van der Waals surface area contributed by atoms with E-state index in [9.17, 15) is 14.4 Å². The van der Waals surface area contributed by atoms with Crippen LogP contribution in [0.1, 0.15) is 92.2 Å². The van der Waals surface area contributed by atoms with Gasteiger partial charge in [-0.3, -0.25) is 9.59 Å². The Bertz CT molecular complexity index is 1510. The van der Waals surface area contributed by atoms with Crippen molar-refractivity contribution in [2.24, 2.45) is 17.3 Å². The highest BCUT2D eigenvalue weighted by Gasteiger charge is 2.64. The lowest BCUT2D eigenvalue weighted by molar-refractivity contribution is -0.152. The van der Waals surface area contributed by atoms with Crippen LogP contribution in [0.25, 0.3) is 11.0 Å². The second kappa shape index (κ2) is 13.1. The summed E-state index contributed by atoms with van der Waals surface area (Å²) in [4.78, 5) is 51.4. The maximum atomic E-state index is 16.5. The molecule has 3 aliphatic rings. The van der Waals surface area contributed by atoms with Gasteiger partial charge in [-0.15, -0.1) is 0 Å². The van der Waals surface area contributed by atoms with E-state index in [0.29, 0.717) is 41.7 Å². The molecule has 1 aromatic heterocycles. The molecule has 3 heterocycles. The second-order valence-corrected chi connectivity index (χ2v) is 14.9. The Hall–Kier alpha value is -3.57. The van der Waals surface area contributed by atoms with Gasteiger partial charge in [-0.25, -0.2) is 14.8 Å². The number of hydrogen-bond donors (Lipinski definition) is 1. The van der Waals surface area contributed by atoms with Crippen LogP contribution >= 0.6 is 0 Å². The molecule has 5 unspecified atom stereocenters. The molecule has 2 amide bonds. The Morgan fingerprint density at radius 3 is 2.49 bits per heavy atom. The van der Waals surface area contributed by atoms with E-state index in [1.807, 2.05) is 6.92 Å². The number of fused-ring (bicyclic) bond motifs is 5. The number of ether oxygens (including phenoxy) is 3. The van der Waals surface area contributed by atoms with Crippen LogP contribution in [0.5, 0.6) is 11.6 Å². The zero-order valence-electron chi connectivity index (χ0n) is 28.5. The molecular formula is C35H48F2N4O6. The van der Waals surface area contributed by atoms with Crippen molar-refractivity contribution in [2.75, 3.05) is 13.7 Å². The zero-order valence-corrected chi connectivity index (χ0v) is 28.5. The van der Waals surface area contributed by atoms with E-state index < -0.39 is 65.4 Å². The van der Waals surface area contributed by atoms with Gasteiger partial charge in [-0.1, -0.05) is 47.5 Å². The van der Waals surface area contributed by atoms with Gasteiger partial charge in [0.15, 0.2) is 17.9 Å². The van der Waals surface area contributed by atoms with E-state index in [0.717, 1.165) is 37.0 Å². The normalized spacial score (nSPS) is 28.9. The number of rotatable bonds is 3. The molecule has 0 spiro atoms. The number of amides is 2. The van der Waals surface area contributed by atoms with Gasteiger partial charge in [-0.2, -0.15) is 8.78 Å². The number of alkyl carbamates (subject to hydrolysis) is 1. The first-order chi connectivity index (χ1) is 22.0. The Labute approximate surface area is 275 Å². The first-order valence-corrected chi connectivity index (χ1v) is 16.8. The molecule has 12 heteroatoms. The minimum atomic E-state index is -3.77. The Kier molecular flexibility index (Phi) is 9.72. The largest absolute Gasteiger partial charge is 0.497 e. The molecule has 1 aliphatic carbocycles. The van der Waals surface area contributed by atoms with Gasteiger partial charge in [0.25, 0.3) is 0 Å². The minimum absolute atomic E-state index is 0.0565. The molecular weight excluding hydrogens is 610 g/mol. The lowest BCUT2D eigenvalue weighted by Gasteiger charge is -2.37. The standard InChI is InChI=1S/C35H48F2N4O6/c1-20(2)27(42)29-35(36,37)26-19-41(29)31(43)28(33(3,4)5)40-32(44)47-34(6)17-11-13-21(34)12-9-8-10-14-24-30(46-26)39-25-18-22(45-7)15-16-23(25)38-24/h15-16,18,20-21,26,28-29H,8-14,17,19H2,1-7H3,(H,40,44). The van der Waals surface area contributed by atoms with E-state index >= 15 is 8.78 Å². The molecule has 2 bridgehead atoms. The van der Waals surface area contributed by atoms with Crippen molar-refractivity contribution in [3.63, 3.8) is 0 Å². The van der Waals surface area contributed by atoms with Crippen LogP contribution in [0, 0.1) is 17.3 Å². The Morgan fingerprint density at radius 1 is 1.09 bits per heavy atom. The van der Waals surface area contributed by atoms with Crippen molar-refractivity contribution in [3.8, 4) is 11.6 Å². The van der Waals surface area contributed by atoms with Gasteiger partial charge < -0.3 is 24.4 Å². The Morgan fingerprint density at radius 2 is 1.81 bits per heavy atom. The second-order valence-electron chi connectivity index (χ2n) is 14.9. The molecule has 0 radical (unpaired) electrons.